The molecule has 0 bridgehead atoms. The average molecular weight is 268 g/mol. The van der Waals surface area contributed by atoms with Crippen molar-refractivity contribution in [2.24, 2.45) is 5.73 Å². The number of halogens is 4. The lowest BCUT2D eigenvalue weighted by atomic mass is 10.0. The molecule has 1 rings (SSSR count). The Morgan fingerprint density at radius 3 is 2.47 bits per heavy atom. The van der Waals surface area contributed by atoms with E-state index in [1.807, 2.05) is 0 Å². The predicted molar refractivity (Wildman–Crippen MR) is 56.4 cm³/mol. The molecule has 2 N–H and O–H groups in total. The van der Waals surface area contributed by atoms with Crippen LogP contribution < -0.4 is 10.5 Å². The van der Waals surface area contributed by atoms with Crippen LogP contribution in [0.5, 0.6) is 5.75 Å². The van der Waals surface area contributed by atoms with Crippen LogP contribution in [0.2, 0.25) is 5.02 Å². The van der Waals surface area contributed by atoms with Gasteiger partial charge in [0.1, 0.15) is 5.75 Å². The van der Waals surface area contributed by atoms with Gasteiger partial charge >= 0.3 is 6.18 Å². The van der Waals surface area contributed by atoms with E-state index in [0.29, 0.717) is 6.07 Å². The molecular weight excluding hydrogens is 259 g/mol. The van der Waals surface area contributed by atoms with Crippen LogP contribution in [-0.2, 0) is 6.18 Å². The quantitative estimate of drug-likeness (QED) is 0.856. The van der Waals surface area contributed by atoms with Crippen molar-refractivity contribution < 1.29 is 22.7 Å². The van der Waals surface area contributed by atoms with E-state index in [1.165, 1.54) is 0 Å². The number of alkyl halides is 3. The maximum atomic E-state index is 12.7. The van der Waals surface area contributed by atoms with Crippen molar-refractivity contribution in [3.63, 3.8) is 0 Å². The third-order valence-corrected chi connectivity index (χ3v) is 2.27. The molecule has 94 valence electrons. The summed E-state index contributed by atoms with van der Waals surface area (Å²) >= 11 is 5.54. The number of carbonyl (C=O) groups excluding carboxylic acids is 1. The van der Waals surface area contributed by atoms with Gasteiger partial charge in [-0.2, -0.15) is 13.2 Å². The zero-order valence-corrected chi connectivity index (χ0v) is 9.52. The van der Waals surface area contributed by atoms with Crippen LogP contribution in [0.3, 0.4) is 0 Å². The number of Topliss-reactive ketones (excluding diaryl/α,β-unsaturated/α-hetero) is 1. The molecule has 1 aromatic rings. The summed E-state index contributed by atoms with van der Waals surface area (Å²) in [6, 6.07) is 1.80. The highest BCUT2D eigenvalue weighted by molar-refractivity contribution is 6.31. The summed E-state index contributed by atoms with van der Waals surface area (Å²) < 4.78 is 42.7. The molecule has 0 fully saturated rings. The Balaban J connectivity index is 3.52. The minimum atomic E-state index is -4.65. The molecule has 0 amide bonds. The van der Waals surface area contributed by atoms with Gasteiger partial charge in [0.2, 0.25) is 0 Å². The van der Waals surface area contributed by atoms with Crippen molar-refractivity contribution in [2.75, 3.05) is 13.7 Å². The average Bonchev–Trinajstić information content (AvgIpc) is 2.25. The Morgan fingerprint density at radius 1 is 1.47 bits per heavy atom. The molecule has 0 heterocycles. The Labute approximate surface area is 100 Å². The molecule has 0 radical (unpaired) electrons. The second-order valence-corrected chi connectivity index (χ2v) is 3.60. The minimum Gasteiger partial charge on any atom is -0.495 e. The van der Waals surface area contributed by atoms with Crippen molar-refractivity contribution in [2.45, 2.75) is 6.18 Å². The highest BCUT2D eigenvalue weighted by Gasteiger charge is 2.36. The first-order chi connectivity index (χ1) is 7.81. The number of rotatable bonds is 3. The first-order valence-electron chi connectivity index (χ1n) is 4.49. The summed E-state index contributed by atoms with van der Waals surface area (Å²) in [6.07, 6.45) is -4.65. The molecule has 1 aromatic carbocycles. The number of benzene rings is 1. The predicted octanol–water partition coefficient (Wildman–Crippen LogP) is 2.51. The van der Waals surface area contributed by atoms with Crippen LogP contribution in [-0.4, -0.2) is 19.4 Å². The van der Waals surface area contributed by atoms with Gasteiger partial charge in [0, 0.05) is 5.02 Å². The zero-order valence-electron chi connectivity index (χ0n) is 8.77. The smallest absolute Gasteiger partial charge is 0.420 e. The Kier molecular flexibility index (Phi) is 4.00. The van der Waals surface area contributed by atoms with Crippen LogP contribution in [0.1, 0.15) is 15.9 Å². The molecular formula is C10H9ClF3NO2. The third kappa shape index (κ3) is 2.89. The van der Waals surface area contributed by atoms with E-state index in [9.17, 15) is 18.0 Å². The van der Waals surface area contributed by atoms with Gasteiger partial charge in [0.15, 0.2) is 5.78 Å². The summed E-state index contributed by atoms with van der Waals surface area (Å²) in [4.78, 5) is 11.4. The van der Waals surface area contributed by atoms with Crippen LogP contribution in [0, 0.1) is 0 Å². The SMILES string of the molecule is COc1c(C(=O)CN)cc(Cl)cc1C(F)(F)F. The van der Waals surface area contributed by atoms with E-state index in [2.05, 4.69) is 4.74 Å². The Bertz CT molecular complexity index is 446. The fourth-order valence-electron chi connectivity index (χ4n) is 1.34. The molecule has 17 heavy (non-hydrogen) atoms. The second kappa shape index (κ2) is 4.93. The fraction of sp³-hybridized carbons (Fsp3) is 0.300. The highest BCUT2D eigenvalue weighted by atomic mass is 35.5. The van der Waals surface area contributed by atoms with Crippen molar-refractivity contribution >= 4 is 17.4 Å². The number of hydrogen-bond donors (Lipinski definition) is 1. The first kappa shape index (κ1) is 13.8. The number of ketones is 1. The van der Waals surface area contributed by atoms with Crippen molar-refractivity contribution in [1.29, 1.82) is 0 Å². The zero-order chi connectivity index (χ0) is 13.2. The first-order valence-corrected chi connectivity index (χ1v) is 4.87. The molecule has 7 heteroatoms. The van der Waals surface area contributed by atoms with E-state index >= 15 is 0 Å². The van der Waals surface area contributed by atoms with Crippen LogP contribution in [0.25, 0.3) is 0 Å². The highest BCUT2D eigenvalue weighted by Crippen LogP contribution is 2.40. The molecule has 0 aliphatic rings. The Hall–Kier alpha value is -1.27. The summed E-state index contributed by atoms with van der Waals surface area (Å²) in [5.41, 5.74) is 3.75. The van der Waals surface area contributed by atoms with Crippen molar-refractivity contribution in [3.05, 3.63) is 28.3 Å². The lowest BCUT2D eigenvalue weighted by Gasteiger charge is -2.15. The molecule has 3 nitrogen and oxygen atoms in total. The summed E-state index contributed by atoms with van der Waals surface area (Å²) in [5.74, 6) is -1.23. The lowest BCUT2D eigenvalue weighted by molar-refractivity contribution is -0.138. The molecule has 0 aliphatic carbocycles. The second-order valence-electron chi connectivity index (χ2n) is 3.16. The topological polar surface area (TPSA) is 52.3 Å². The van der Waals surface area contributed by atoms with E-state index in [-0.39, 0.29) is 10.6 Å². The number of ether oxygens (including phenoxy) is 1. The summed E-state index contributed by atoms with van der Waals surface area (Å²) in [6.45, 7) is -0.423. The number of nitrogens with two attached hydrogens (primary N) is 1. The van der Waals surface area contributed by atoms with Crippen molar-refractivity contribution in [1.82, 2.24) is 0 Å². The van der Waals surface area contributed by atoms with E-state index in [1.54, 1.807) is 0 Å². The number of carbonyl (C=O) groups is 1. The van der Waals surface area contributed by atoms with Crippen LogP contribution in [0.4, 0.5) is 13.2 Å². The molecule has 0 aliphatic heterocycles. The Morgan fingerprint density at radius 2 is 2.06 bits per heavy atom. The molecule has 0 atom stereocenters. The minimum absolute atomic E-state index is 0.199. The monoisotopic (exact) mass is 267 g/mol. The largest absolute Gasteiger partial charge is 0.495 e. The maximum absolute atomic E-state index is 12.7. The molecule has 0 spiro atoms. The molecule has 0 unspecified atom stereocenters. The molecule has 0 aromatic heterocycles. The van der Waals surface area contributed by atoms with Gasteiger partial charge in [-0.25, -0.2) is 0 Å². The van der Waals surface area contributed by atoms with E-state index in [4.69, 9.17) is 17.3 Å². The summed E-state index contributed by atoms with van der Waals surface area (Å²) in [5, 5.41) is -0.199. The number of hydrogen-bond acceptors (Lipinski definition) is 3. The third-order valence-electron chi connectivity index (χ3n) is 2.05. The van der Waals surface area contributed by atoms with E-state index < -0.39 is 29.8 Å². The van der Waals surface area contributed by atoms with Gasteiger partial charge in [0.25, 0.3) is 0 Å². The molecule has 0 saturated heterocycles. The molecule has 0 saturated carbocycles. The van der Waals surface area contributed by atoms with E-state index in [0.717, 1.165) is 13.2 Å². The van der Waals surface area contributed by atoms with Gasteiger partial charge in [-0.05, 0) is 12.1 Å². The number of methoxy groups -OCH3 is 1. The maximum Gasteiger partial charge on any atom is 0.420 e. The van der Waals surface area contributed by atoms with Gasteiger partial charge in [0.05, 0.1) is 24.8 Å². The standard InChI is InChI=1S/C10H9ClF3NO2/c1-17-9-6(8(16)4-15)2-5(11)3-7(9)10(12,13)14/h2-3H,4,15H2,1H3. The van der Waals surface area contributed by atoms with Crippen LogP contribution >= 0.6 is 11.6 Å². The summed E-state index contributed by atoms with van der Waals surface area (Å²) in [7, 11) is 1.05. The van der Waals surface area contributed by atoms with Crippen LogP contribution in [0.15, 0.2) is 12.1 Å². The van der Waals surface area contributed by atoms with Gasteiger partial charge in [-0.15, -0.1) is 0 Å². The van der Waals surface area contributed by atoms with Gasteiger partial charge < -0.3 is 10.5 Å². The normalized spacial score (nSPS) is 11.4. The van der Waals surface area contributed by atoms with Crippen molar-refractivity contribution in [3.8, 4) is 5.75 Å². The van der Waals surface area contributed by atoms with Gasteiger partial charge in [-0.1, -0.05) is 11.6 Å². The fourth-order valence-corrected chi connectivity index (χ4v) is 1.56. The lowest BCUT2D eigenvalue weighted by Crippen LogP contribution is -2.17. The van der Waals surface area contributed by atoms with Gasteiger partial charge in [-0.3, -0.25) is 4.79 Å².